The Morgan fingerprint density at radius 3 is 2.34 bits per heavy atom. The molecule has 14 heteroatoms. The molecule has 0 unspecified atom stereocenters. The van der Waals surface area contributed by atoms with Gasteiger partial charge in [0.25, 0.3) is 0 Å². The van der Waals surface area contributed by atoms with Gasteiger partial charge in [0, 0.05) is 44.2 Å². The van der Waals surface area contributed by atoms with Gasteiger partial charge in [-0.15, -0.1) is 0 Å². The van der Waals surface area contributed by atoms with Crippen molar-refractivity contribution < 1.29 is 31.2 Å². The number of piperidine rings is 1. The molecule has 0 bridgehead atoms. The Bertz CT molecular complexity index is 1250. The van der Waals surface area contributed by atoms with E-state index in [1.54, 1.807) is 9.80 Å². The van der Waals surface area contributed by atoms with Crippen LogP contribution >= 0.6 is 0 Å². The summed E-state index contributed by atoms with van der Waals surface area (Å²) in [5.41, 5.74) is 6.20. The van der Waals surface area contributed by atoms with Gasteiger partial charge in [0.15, 0.2) is 17.4 Å². The highest BCUT2D eigenvalue weighted by molar-refractivity contribution is 5.39. The summed E-state index contributed by atoms with van der Waals surface area (Å²) in [5.74, 6) is -3.35. The molecule has 2 fully saturated rings. The molecule has 0 saturated carbocycles. The van der Waals surface area contributed by atoms with Crippen molar-refractivity contribution in [3.63, 3.8) is 0 Å². The number of ether oxygens (including phenoxy) is 1. The van der Waals surface area contributed by atoms with Crippen molar-refractivity contribution in [1.82, 2.24) is 20.1 Å². The summed E-state index contributed by atoms with van der Waals surface area (Å²) in [6.45, 7) is 3.63. The minimum Gasteiger partial charge on any atom is -0.487 e. The Morgan fingerprint density at radius 1 is 1.00 bits per heavy atom. The van der Waals surface area contributed by atoms with Crippen LogP contribution in [0.3, 0.4) is 0 Å². The maximum atomic E-state index is 14.3. The average Bonchev–Trinajstić information content (AvgIpc) is 3.54. The van der Waals surface area contributed by atoms with Crippen LogP contribution < -0.4 is 20.3 Å². The summed E-state index contributed by atoms with van der Waals surface area (Å²) in [6, 6.07) is 0.953. The van der Waals surface area contributed by atoms with Gasteiger partial charge in [-0.1, -0.05) is 5.16 Å². The lowest BCUT2D eigenvalue weighted by atomic mass is 9.92. The highest BCUT2D eigenvalue weighted by atomic mass is 19.3. The molecule has 2 N–H and O–H groups in total. The molecule has 3 aromatic rings. The first kappa shape index (κ1) is 26.1. The predicted octanol–water partition coefficient (Wildman–Crippen LogP) is 3.83. The van der Waals surface area contributed by atoms with E-state index in [1.807, 2.05) is 6.92 Å². The number of rotatable bonds is 7. The molecule has 1 aromatic carbocycles. The molecular weight excluding hydrogens is 513 g/mol. The van der Waals surface area contributed by atoms with E-state index in [4.69, 9.17) is 15.0 Å². The summed E-state index contributed by atoms with van der Waals surface area (Å²) in [6.07, 6.45) is 1.61. The van der Waals surface area contributed by atoms with Gasteiger partial charge in [-0.05, 0) is 37.3 Å². The summed E-state index contributed by atoms with van der Waals surface area (Å²) < 4.78 is 77.7. The van der Waals surface area contributed by atoms with E-state index in [-0.39, 0.29) is 30.1 Å². The third-order valence-electron chi connectivity index (χ3n) is 7.12. The Balaban J connectivity index is 1.15. The molecule has 0 radical (unpaired) electrons. The van der Waals surface area contributed by atoms with Crippen LogP contribution in [0, 0.1) is 23.4 Å². The molecule has 2 aliphatic heterocycles. The number of hydrogen-bond acceptors (Lipinski definition) is 9. The van der Waals surface area contributed by atoms with Crippen molar-refractivity contribution in [2.24, 2.45) is 11.7 Å². The molecule has 0 spiro atoms. The molecule has 4 heterocycles. The van der Waals surface area contributed by atoms with Crippen LogP contribution in [0.15, 0.2) is 29.0 Å². The van der Waals surface area contributed by atoms with Crippen LogP contribution in [0.4, 0.5) is 33.9 Å². The van der Waals surface area contributed by atoms with Crippen LogP contribution in [-0.4, -0.2) is 58.4 Å². The second-order valence-electron chi connectivity index (χ2n) is 9.57. The smallest absolute Gasteiger partial charge is 0.324 e. The second-order valence-corrected chi connectivity index (χ2v) is 9.57. The van der Waals surface area contributed by atoms with Gasteiger partial charge in [0.1, 0.15) is 5.82 Å². The molecule has 2 aromatic heterocycles. The third-order valence-corrected chi connectivity index (χ3v) is 7.12. The molecule has 204 valence electrons. The van der Waals surface area contributed by atoms with Crippen molar-refractivity contribution in [3.8, 4) is 5.75 Å². The monoisotopic (exact) mass is 539 g/mol. The molecule has 2 saturated heterocycles. The standard InChI is InChI=1S/C24H26F5N7O2/c1-12(13-2-4-35(5-3-13)24-33-22(21(28)29)34-38-24)37-14-8-31-23(32-9-14)36-10-16(20(30)11-36)15-6-18(26)19(27)7-17(15)25/h6-9,12-13,16,20-21H,2-5,10-11,30H2,1H3/t12-,16+,20-/m0/s1. The summed E-state index contributed by atoms with van der Waals surface area (Å²) in [4.78, 5) is 16.0. The molecule has 3 atom stereocenters. The SMILES string of the molecule is C[C@H](Oc1cnc(N2C[C@H](c3cc(F)c(F)cc3F)[C@@H](N)C2)nc1)C1CCN(c2nc(C(F)F)no2)CC1. The van der Waals surface area contributed by atoms with Crippen molar-refractivity contribution in [1.29, 1.82) is 0 Å². The number of alkyl halides is 2. The number of benzene rings is 1. The minimum atomic E-state index is -2.78. The van der Waals surface area contributed by atoms with E-state index >= 15 is 0 Å². The van der Waals surface area contributed by atoms with Crippen LogP contribution in [0.25, 0.3) is 0 Å². The van der Waals surface area contributed by atoms with Crippen LogP contribution in [0.5, 0.6) is 5.75 Å². The van der Waals surface area contributed by atoms with Crippen molar-refractivity contribution in [2.75, 3.05) is 36.0 Å². The normalized spacial score (nSPS) is 21.4. The lowest BCUT2D eigenvalue weighted by Crippen LogP contribution is -2.38. The molecular formula is C24H26F5N7O2. The van der Waals surface area contributed by atoms with Crippen molar-refractivity contribution in [2.45, 2.75) is 44.3 Å². The zero-order valence-corrected chi connectivity index (χ0v) is 20.4. The Labute approximate surface area is 214 Å². The number of nitrogens with zero attached hydrogens (tertiary/aromatic N) is 6. The summed E-state index contributed by atoms with van der Waals surface area (Å²) in [7, 11) is 0. The molecule has 0 aliphatic carbocycles. The number of halogens is 5. The Kier molecular flexibility index (Phi) is 7.32. The average molecular weight is 540 g/mol. The van der Waals surface area contributed by atoms with Gasteiger partial charge in [0.2, 0.25) is 11.8 Å². The molecule has 0 amide bonds. The number of nitrogens with two attached hydrogens (primary N) is 1. The summed E-state index contributed by atoms with van der Waals surface area (Å²) in [5, 5.41) is 3.30. The topological polar surface area (TPSA) is 106 Å². The fourth-order valence-corrected chi connectivity index (χ4v) is 4.99. The quantitative estimate of drug-likeness (QED) is 0.354. The van der Waals surface area contributed by atoms with E-state index in [0.717, 1.165) is 18.9 Å². The van der Waals surface area contributed by atoms with Gasteiger partial charge in [-0.2, -0.15) is 4.98 Å². The lowest BCUT2D eigenvalue weighted by Gasteiger charge is -2.33. The third kappa shape index (κ3) is 5.35. The maximum Gasteiger partial charge on any atom is 0.324 e. The predicted molar refractivity (Wildman–Crippen MR) is 126 cm³/mol. The fourth-order valence-electron chi connectivity index (χ4n) is 4.99. The van der Waals surface area contributed by atoms with Gasteiger partial charge >= 0.3 is 12.4 Å². The number of aromatic nitrogens is 4. The molecule has 2 aliphatic rings. The van der Waals surface area contributed by atoms with Crippen molar-refractivity contribution >= 4 is 12.0 Å². The van der Waals surface area contributed by atoms with Gasteiger partial charge in [0.05, 0.1) is 18.5 Å². The Morgan fingerprint density at radius 2 is 1.68 bits per heavy atom. The van der Waals surface area contributed by atoms with Crippen LogP contribution in [0.1, 0.15) is 43.5 Å². The fraction of sp³-hybridized carbons (Fsp3) is 0.500. The molecule has 5 rings (SSSR count). The molecule has 38 heavy (non-hydrogen) atoms. The number of hydrogen-bond donors (Lipinski definition) is 1. The van der Waals surface area contributed by atoms with Crippen LogP contribution in [0.2, 0.25) is 0 Å². The highest BCUT2D eigenvalue weighted by Gasteiger charge is 2.35. The Hall–Kier alpha value is -3.55. The van der Waals surface area contributed by atoms with Crippen molar-refractivity contribution in [3.05, 3.63) is 53.4 Å². The first-order valence-corrected chi connectivity index (χ1v) is 12.2. The first-order chi connectivity index (χ1) is 18.2. The zero-order valence-electron chi connectivity index (χ0n) is 20.4. The van der Waals surface area contributed by atoms with E-state index in [0.29, 0.717) is 37.4 Å². The van der Waals surface area contributed by atoms with Gasteiger partial charge < -0.3 is 24.8 Å². The minimum absolute atomic E-state index is 0.0206. The largest absolute Gasteiger partial charge is 0.487 e. The first-order valence-electron chi connectivity index (χ1n) is 12.2. The highest BCUT2D eigenvalue weighted by Crippen LogP contribution is 2.32. The van der Waals surface area contributed by atoms with E-state index < -0.39 is 41.7 Å². The van der Waals surface area contributed by atoms with E-state index in [9.17, 15) is 22.0 Å². The zero-order chi connectivity index (χ0) is 27.0. The van der Waals surface area contributed by atoms with Gasteiger partial charge in [-0.3, -0.25) is 0 Å². The van der Waals surface area contributed by atoms with E-state index in [1.165, 1.54) is 12.4 Å². The van der Waals surface area contributed by atoms with Crippen LogP contribution in [-0.2, 0) is 0 Å². The second kappa shape index (κ2) is 10.7. The molecule has 9 nitrogen and oxygen atoms in total. The van der Waals surface area contributed by atoms with E-state index in [2.05, 4.69) is 20.1 Å². The van der Waals surface area contributed by atoms with Gasteiger partial charge in [-0.25, -0.2) is 31.9 Å². The summed E-state index contributed by atoms with van der Waals surface area (Å²) >= 11 is 0. The maximum absolute atomic E-state index is 14.3. The number of anilines is 2. The lowest BCUT2D eigenvalue weighted by molar-refractivity contribution is 0.130.